The van der Waals surface area contributed by atoms with Crippen molar-refractivity contribution in [3.8, 4) is 0 Å². The Hall–Kier alpha value is -0.650. The Morgan fingerprint density at radius 1 is 0.952 bits per heavy atom. The number of nitrogens with one attached hydrogen (secondary N) is 1. The van der Waals surface area contributed by atoms with E-state index in [2.05, 4.69) is 48.2 Å². The molecule has 0 aromatic carbocycles. The number of piperidine rings is 1. The second kappa shape index (κ2) is 10.1. The maximum absolute atomic E-state index is 12.7. The fraction of sp³-hybridized carbons (Fsp3) is 0.938. The van der Waals surface area contributed by atoms with Crippen molar-refractivity contribution >= 4 is 5.91 Å². The standard InChI is InChI=1S/C16H34N4O/c1-18(2)11-7-13-20(14-8-12-19(3)4)16(21)15-9-5-6-10-17-15/h15,17H,5-14H2,1-4H3/t15-/m0/s1. The van der Waals surface area contributed by atoms with E-state index in [0.717, 1.165) is 52.0 Å². The van der Waals surface area contributed by atoms with Crippen LogP contribution in [0.25, 0.3) is 0 Å². The SMILES string of the molecule is CN(C)CCCN(CCCN(C)C)C(=O)[C@@H]1CCCCN1. The molecule has 5 heteroatoms. The van der Waals surface area contributed by atoms with Crippen LogP contribution in [0.15, 0.2) is 0 Å². The van der Waals surface area contributed by atoms with Crippen LogP contribution in [0, 0.1) is 0 Å². The normalized spacial score (nSPS) is 19.2. The van der Waals surface area contributed by atoms with Crippen LogP contribution in [0.5, 0.6) is 0 Å². The van der Waals surface area contributed by atoms with E-state index in [1.807, 2.05) is 0 Å². The average molecular weight is 298 g/mol. The Balaban J connectivity index is 2.45. The molecule has 0 aromatic heterocycles. The van der Waals surface area contributed by atoms with E-state index in [9.17, 15) is 4.79 Å². The number of carbonyl (C=O) groups is 1. The molecule has 1 atom stereocenters. The van der Waals surface area contributed by atoms with Gasteiger partial charge in [0.15, 0.2) is 0 Å². The van der Waals surface area contributed by atoms with Crippen molar-refractivity contribution < 1.29 is 4.79 Å². The van der Waals surface area contributed by atoms with Crippen molar-refractivity contribution in [2.75, 3.05) is 60.9 Å². The molecule has 1 saturated heterocycles. The molecular formula is C16H34N4O. The van der Waals surface area contributed by atoms with Gasteiger partial charge in [-0.15, -0.1) is 0 Å². The van der Waals surface area contributed by atoms with Crippen molar-refractivity contribution in [3.63, 3.8) is 0 Å². The zero-order valence-corrected chi connectivity index (χ0v) is 14.4. The van der Waals surface area contributed by atoms with E-state index in [0.29, 0.717) is 5.91 Å². The number of carbonyl (C=O) groups excluding carboxylic acids is 1. The Bertz CT molecular complexity index is 274. The van der Waals surface area contributed by atoms with Crippen molar-refractivity contribution in [3.05, 3.63) is 0 Å². The Morgan fingerprint density at radius 3 is 1.95 bits per heavy atom. The van der Waals surface area contributed by atoms with Crippen LogP contribution in [-0.4, -0.2) is 87.6 Å². The molecule has 1 amide bonds. The summed E-state index contributed by atoms with van der Waals surface area (Å²) >= 11 is 0. The monoisotopic (exact) mass is 298 g/mol. The first-order valence-electron chi connectivity index (χ1n) is 8.32. The molecule has 1 N–H and O–H groups in total. The number of hydrogen-bond acceptors (Lipinski definition) is 4. The Labute approximate surface area is 130 Å². The molecule has 0 unspecified atom stereocenters. The lowest BCUT2D eigenvalue weighted by Crippen LogP contribution is -2.49. The summed E-state index contributed by atoms with van der Waals surface area (Å²) in [5, 5.41) is 3.39. The molecule has 1 fully saturated rings. The quantitative estimate of drug-likeness (QED) is 0.685. The highest BCUT2D eigenvalue weighted by molar-refractivity contribution is 5.82. The van der Waals surface area contributed by atoms with Gasteiger partial charge in [0.25, 0.3) is 0 Å². The van der Waals surface area contributed by atoms with Gasteiger partial charge in [-0.05, 0) is 73.5 Å². The summed E-state index contributed by atoms with van der Waals surface area (Å²) in [5.41, 5.74) is 0. The van der Waals surface area contributed by atoms with Crippen molar-refractivity contribution in [1.82, 2.24) is 20.0 Å². The summed E-state index contributed by atoms with van der Waals surface area (Å²) in [5.74, 6) is 0.312. The molecule has 1 aliphatic heterocycles. The summed E-state index contributed by atoms with van der Waals surface area (Å²) in [6.07, 6.45) is 5.47. The molecular weight excluding hydrogens is 264 g/mol. The zero-order valence-electron chi connectivity index (χ0n) is 14.4. The molecule has 0 aromatic rings. The Kier molecular flexibility index (Phi) is 8.88. The summed E-state index contributed by atoms with van der Waals surface area (Å²) in [7, 11) is 8.34. The number of nitrogens with zero attached hydrogens (tertiary/aromatic N) is 3. The van der Waals surface area contributed by atoms with Crippen LogP contribution < -0.4 is 5.32 Å². The van der Waals surface area contributed by atoms with E-state index in [1.165, 1.54) is 12.8 Å². The molecule has 124 valence electrons. The van der Waals surface area contributed by atoms with Crippen LogP contribution in [-0.2, 0) is 4.79 Å². The van der Waals surface area contributed by atoms with Crippen molar-refractivity contribution in [2.24, 2.45) is 0 Å². The van der Waals surface area contributed by atoms with E-state index in [-0.39, 0.29) is 6.04 Å². The van der Waals surface area contributed by atoms with Crippen LogP contribution in [0.4, 0.5) is 0 Å². The van der Waals surface area contributed by atoms with Crippen LogP contribution >= 0.6 is 0 Å². The lowest BCUT2D eigenvalue weighted by atomic mass is 10.0. The van der Waals surface area contributed by atoms with Crippen molar-refractivity contribution in [1.29, 1.82) is 0 Å². The van der Waals surface area contributed by atoms with Crippen LogP contribution in [0.3, 0.4) is 0 Å². The maximum atomic E-state index is 12.7. The van der Waals surface area contributed by atoms with Gasteiger partial charge in [0.2, 0.25) is 5.91 Å². The van der Waals surface area contributed by atoms with E-state index >= 15 is 0 Å². The summed E-state index contributed by atoms with van der Waals surface area (Å²) in [4.78, 5) is 19.1. The number of amides is 1. The molecule has 5 nitrogen and oxygen atoms in total. The summed E-state index contributed by atoms with van der Waals surface area (Å²) in [6.45, 7) is 4.82. The van der Waals surface area contributed by atoms with Gasteiger partial charge < -0.3 is 20.0 Å². The van der Waals surface area contributed by atoms with Gasteiger partial charge in [0.1, 0.15) is 0 Å². The van der Waals surface area contributed by atoms with E-state index < -0.39 is 0 Å². The van der Waals surface area contributed by atoms with E-state index in [4.69, 9.17) is 0 Å². The predicted molar refractivity (Wildman–Crippen MR) is 88.6 cm³/mol. The van der Waals surface area contributed by atoms with Gasteiger partial charge in [-0.1, -0.05) is 6.42 Å². The highest BCUT2D eigenvalue weighted by Crippen LogP contribution is 2.11. The molecule has 0 saturated carbocycles. The van der Waals surface area contributed by atoms with Crippen LogP contribution in [0.1, 0.15) is 32.1 Å². The number of hydrogen-bond donors (Lipinski definition) is 1. The second-order valence-corrected chi connectivity index (χ2v) is 6.64. The third kappa shape index (κ3) is 7.79. The van der Waals surface area contributed by atoms with Gasteiger partial charge in [-0.2, -0.15) is 0 Å². The van der Waals surface area contributed by atoms with Gasteiger partial charge in [0, 0.05) is 13.1 Å². The third-order valence-corrected chi connectivity index (χ3v) is 3.99. The minimum Gasteiger partial charge on any atom is -0.341 e. The molecule has 0 bridgehead atoms. The average Bonchev–Trinajstić information content (AvgIpc) is 2.45. The minimum atomic E-state index is 0.0532. The summed E-state index contributed by atoms with van der Waals surface area (Å²) in [6, 6.07) is 0.0532. The molecule has 1 heterocycles. The largest absolute Gasteiger partial charge is 0.341 e. The van der Waals surface area contributed by atoms with Crippen LogP contribution in [0.2, 0.25) is 0 Å². The molecule has 21 heavy (non-hydrogen) atoms. The predicted octanol–water partition coefficient (Wildman–Crippen LogP) is 0.861. The molecule has 1 rings (SSSR count). The van der Waals surface area contributed by atoms with Gasteiger partial charge in [0.05, 0.1) is 6.04 Å². The highest BCUT2D eigenvalue weighted by Gasteiger charge is 2.25. The Morgan fingerprint density at radius 2 is 1.52 bits per heavy atom. The second-order valence-electron chi connectivity index (χ2n) is 6.64. The van der Waals surface area contributed by atoms with Gasteiger partial charge in [-0.3, -0.25) is 4.79 Å². The molecule has 0 aliphatic carbocycles. The zero-order chi connectivity index (χ0) is 15.7. The maximum Gasteiger partial charge on any atom is 0.239 e. The molecule has 1 aliphatic rings. The molecule has 0 radical (unpaired) electrons. The number of rotatable bonds is 9. The fourth-order valence-corrected chi connectivity index (χ4v) is 2.77. The lowest BCUT2D eigenvalue weighted by molar-refractivity contribution is -0.134. The lowest BCUT2D eigenvalue weighted by Gasteiger charge is -2.30. The highest BCUT2D eigenvalue weighted by atomic mass is 16.2. The van der Waals surface area contributed by atoms with Gasteiger partial charge in [-0.25, -0.2) is 0 Å². The van der Waals surface area contributed by atoms with Crippen molar-refractivity contribution in [2.45, 2.75) is 38.1 Å². The minimum absolute atomic E-state index is 0.0532. The van der Waals surface area contributed by atoms with Gasteiger partial charge >= 0.3 is 0 Å². The molecule has 0 spiro atoms. The summed E-state index contributed by atoms with van der Waals surface area (Å²) < 4.78 is 0. The smallest absolute Gasteiger partial charge is 0.239 e. The first-order chi connectivity index (χ1) is 10.0. The van der Waals surface area contributed by atoms with E-state index in [1.54, 1.807) is 0 Å². The fourth-order valence-electron chi connectivity index (χ4n) is 2.77. The first-order valence-corrected chi connectivity index (χ1v) is 8.32. The first kappa shape index (κ1) is 18.4. The topological polar surface area (TPSA) is 38.8 Å². The third-order valence-electron chi connectivity index (χ3n) is 3.99.